The molecule has 16 heavy (non-hydrogen) atoms. The molecule has 3 nitrogen and oxygen atoms in total. The van der Waals surface area contributed by atoms with Gasteiger partial charge in [0.25, 0.3) is 0 Å². The Morgan fingerprint density at radius 2 is 2.06 bits per heavy atom. The summed E-state index contributed by atoms with van der Waals surface area (Å²) < 4.78 is 10.5. The van der Waals surface area contributed by atoms with Gasteiger partial charge in [0.05, 0.1) is 19.1 Å². The Labute approximate surface area is 104 Å². The van der Waals surface area contributed by atoms with Crippen molar-refractivity contribution in [3.8, 4) is 0 Å². The Balaban J connectivity index is 0.00000225. The van der Waals surface area contributed by atoms with E-state index in [0.717, 1.165) is 19.8 Å². The van der Waals surface area contributed by atoms with Crippen LogP contribution in [0.4, 0.5) is 0 Å². The molecular weight excluding hydrogens is 226 g/mol. The number of hydrogen-bond donors (Lipinski definition) is 1. The Morgan fingerprint density at radius 1 is 1.31 bits per heavy atom. The van der Waals surface area contributed by atoms with Gasteiger partial charge in [0.15, 0.2) is 0 Å². The molecule has 0 aliphatic carbocycles. The van der Waals surface area contributed by atoms with E-state index in [1.54, 1.807) is 12.5 Å². The Kier molecular flexibility index (Phi) is 8.35. The van der Waals surface area contributed by atoms with Crippen molar-refractivity contribution in [2.45, 2.75) is 33.4 Å². The fourth-order valence-corrected chi connectivity index (χ4v) is 1.22. The standard InChI is InChI=1S/C12H21NO2.ClH/c1-10(2)7-15-8-11(3)13-6-12-4-5-14-9-12;/h4-5,9-11,13H,6-8H2,1-3H3;1H. The summed E-state index contributed by atoms with van der Waals surface area (Å²) in [5.74, 6) is 0.603. The molecule has 0 saturated carbocycles. The predicted molar refractivity (Wildman–Crippen MR) is 67.9 cm³/mol. The van der Waals surface area contributed by atoms with Crippen LogP contribution in [-0.4, -0.2) is 19.3 Å². The zero-order valence-electron chi connectivity index (χ0n) is 10.2. The molecule has 1 heterocycles. The van der Waals surface area contributed by atoms with Gasteiger partial charge in [-0.2, -0.15) is 0 Å². The van der Waals surface area contributed by atoms with E-state index in [2.05, 4.69) is 26.1 Å². The number of furan rings is 1. The third-order valence-electron chi connectivity index (χ3n) is 2.05. The van der Waals surface area contributed by atoms with Gasteiger partial charge in [-0.25, -0.2) is 0 Å². The van der Waals surface area contributed by atoms with Gasteiger partial charge in [-0.15, -0.1) is 12.4 Å². The van der Waals surface area contributed by atoms with Gasteiger partial charge in [0.1, 0.15) is 0 Å². The van der Waals surface area contributed by atoms with Gasteiger partial charge in [0.2, 0.25) is 0 Å². The molecule has 0 aliphatic heterocycles. The number of hydrogen-bond acceptors (Lipinski definition) is 3. The second kappa shape index (κ2) is 8.62. The normalized spacial score (nSPS) is 12.5. The highest BCUT2D eigenvalue weighted by Gasteiger charge is 2.03. The molecular formula is C12H22ClNO2. The minimum absolute atomic E-state index is 0. The summed E-state index contributed by atoms with van der Waals surface area (Å²) in [4.78, 5) is 0. The van der Waals surface area contributed by atoms with Crippen LogP contribution >= 0.6 is 12.4 Å². The molecule has 0 radical (unpaired) electrons. The van der Waals surface area contributed by atoms with E-state index < -0.39 is 0 Å². The van der Waals surface area contributed by atoms with Crippen LogP contribution in [0.25, 0.3) is 0 Å². The largest absolute Gasteiger partial charge is 0.472 e. The molecule has 94 valence electrons. The van der Waals surface area contributed by atoms with Crippen LogP contribution in [0, 0.1) is 5.92 Å². The first-order chi connectivity index (χ1) is 7.18. The van der Waals surface area contributed by atoms with Crippen LogP contribution < -0.4 is 5.32 Å². The monoisotopic (exact) mass is 247 g/mol. The maximum atomic E-state index is 5.54. The van der Waals surface area contributed by atoms with Crippen LogP contribution in [0.3, 0.4) is 0 Å². The molecule has 0 aliphatic rings. The Bertz CT molecular complexity index is 250. The average molecular weight is 248 g/mol. The van der Waals surface area contributed by atoms with Gasteiger partial charge >= 0.3 is 0 Å². The summed E-state index contributed by atoms with van der Waals surface area (Å²) in [5.41, 5.74) is 1.17. The number of ether oxygens (including phenoxy) is 1. The molecule has 0 fully saturated rings. The van der Waals surface area contributed by atoms with E-state index in [0.29, 0.717) is 12.0 Å². The molecule has 1 N–H and O–H groups in total. The summed E-state index contributed by atoms with van der Waals surface area (Å²) in [6.45, 7) is 8.87. The molecule has 1 aromatic heterocycles. The molecule has 1 aromatic rings. The second-order valence-electron chi connectivity index (χ2n) is 4.34. The minimum atomic E-state index is 0. The lowest BCUT2D eigenvalue weighted by Crippen LogP contribution is -2.30. The molecule has 0 amide bonds. The fourth-order valence-electron chi connectivity index (χ4n) is 1.22. The summed E-state index contributed by atoms with van der Waals surface area (Å²) in [6.07, 6.45) is 3.45. The lowest BCUT2D eigenvalue weighted by Gasteiger charge is -2.14. The molecule has 0 saturated heterocycles. The average Bonchev–Trinajstić information content (AvgIpc) is 2.66. The summed E-state index contributed by atoms with van der Waals surface area (Å²) in [5, 5.41) is 3.37. The van der Waals surface area contributed by atoms with E-state index in [-0.39, 0.29) is 12.4 Å². The lowest BCUT2D eigenvalue weighted by atomic mass is 10.2. The van der Waals surface area contributed by atoms with Crippen molar-refractivity contribution < 1.29 is 9.15 Å². The van der Waals surface area contributed by atoms with E-state index >= 15 is 0 Å². The van der Waals surface area contributed by atoms with Gasteiger partial charge in [-0.1, -0.05) is 13.8 Å². The van der Waals surface area contributed by atoms with Gasteiger partial charge in [-0.05, 0) is 18.9 Å². The maximum Gasteiger partial charge on any atom is 0.0947 e. The summed E-state index contributed by atoms with van der Waals surface area (Å²) in [7, 11) is 0. The van der Waals surface area contributed by atoms with Crippen LogP contribution in [0.1, 0.15) is 26.3 Å². The highest BCUT2D eigenvalue weighted by molar-refractivity contribution is 5.85. The SMILES string of the molecule is CC(C)COCC(C)NCc1ccoc1.Cl. The highest BCUT2D eigenvalue weighted by atomic mass is 35.5. The van der Waals surface area contributed by atoms with Crippen LogP contribution in [0.15, 0.2) is 23.0 Å². The third kappa shape index (κ3) is 6.88. The van der Waals surface area contributed by atoms with Gasteiger partial charge < -0.3 is 14.5 Å². The van der Waals surface area contributed by atoms with Crippen molar-refractivity contribution in [2.75, 3.05) is 13.2 Å². The van der Waals surface area contributed by atoms with E-state index in [1.807, 2.05) is 6.07 Å². The first-order valence-corrected chi connectivity index (χ1v) is 5.50. The minimum Gasteiger partial charge on any atom is -0.472 e. The molecule has 0 bridgehead atoms. The second-order valence-corrected chi connectivity index (χ2v) is 4.34. The first kappa shape index (κ1) is 15.5. The zero-order valence-corrected chi connectivity index (χ0v) is 11.0. The molecule has 4 heteroatoms. The molecule has 1 atom stereocenters. The topological polar surface area (TPSA) is 34.4 Å². The Hall–Kier alpha value is -0.510. The Morgan fingerprint density at radius 3 is 2.62 bits per heavy atom. The summed E-state index contributed by atoms with van der Waals surface area (Å²) in [6, 6.07) is 2.34. The van der Waals surface area contributed by atoms with E-state index in [1.165, 1.54) is 5.56 Å². The quantitative estimate of drug-likeness (QED) is 0.805. The van der Waals surface area contributed by atoms with Crippen molar-refractivity contribution in [3.63, 3.8) is 0 Å². The number of nitrogens with one attached hydrogen (secondary N) is 1. The van der Waals surface area contributed by atoms with Gasteiger partial charge in [0, 0.05) is 24.8 Å². The van der Waals surface area contributed by atoms with E-state index in [4.69, 9.17) is 9.15 Å². The van der Waals surface area contributed by atoms with Crippen LogP contribution in [-0.2, 0) is 11.3 Å². The van der Waals surface area contributed by atoms with Crippen molar-refractivity contribution in [1.29, 1.82) is 0 Å². The van der Waals surface area contributed by atoms with Crippen molar-refractivity contribution in [3.05, 3.63) is 24.2 Å². The first-order valence-electron chi connectivity index (χ1n) is 5.50. The van der Waals surface area contributed by atoms with E-state index in [9.17, 15) is 0 Å². The van der Waals surface area contributed by atoms with Gasteiger partial charge in [-0.3, -0.25) is 0 Å². The fraction of sp³-hybridized carbons (Fsp3) is 0.667. The molecule has 1 unspecified atom stereocenters. The lowest BCUT2D eigenvalue weighted by molar-refractivity contribution is 0.0935. The van der Waals surface area contributed by atoms with Crippen molar-refractivity contribution in [1.82, 2.24) is 5.32 Å². The van der Waals surface area contributed by atoms with Crippen LogP contribution in [0.2, 0.25) is 0 Å². The maximum absolute atomic E-state index is 5.54. The smallest absolute Gasteiger partial charge is 0.0947 e. The molecule has 1 rings (SSSR count). The van der Waals surface area contributed by atoms with Crippen LogP contribution in [0.5, 0.6) is 0 Å². The predicted octanol–water partition coefficient (Wildman–Crippen LogP) is 2.85. The number of halogens is 1. The third-order valence-corrected chi connectivity index (χ3v) is 2.05. The molecule has 0 spiro atoms. The zero-order chi connectivity index (χ0) is 11.1. The van der Waals surface area contributed by atoms with Crippen molar-refractivity contribution >= 4 is 12.4 Å². The molecule has 0 aromatic carbocycles. The highest BCUT2D eigenvalue weighted by Crippen LogP contribution is 2.00. The van der Waals surface area contributed by atoms with Crippen molar-refractivity contribution in [2.24, 2.45) is 5.92 Å². The number of rotatable bonds is 7. The summed E-state index contributed by atoms with van der Waals surface area (Å²) >= 11 is 0.